The monoisotopic (exact) mass is 752 g/mol. The molecule has 0 atom stereocenters. The largest absolute Gasteiger partial charge is 0.135 e. The molecule has 0 saturated carbocycles. The summed E-state index contributed by atoms with van der Waals surface area (Å²) in [7, 11) is 0. The van der Waals surface area contributed by atoms with Crippen molar-refractivity contribution in [1.29, 1.82) is 0 Å². The van der Waals surface area contributed by atoms with Crippen LogP contribution in [-0.4, -0.2) is 0 Å². The molecule has 0 nitrogen and oxygen atoms in total. The molecule has 8 aromatic carbocycles. The second kappa shape index (κ2) is 13.3. The van der Waals surface area contributed by atoms with Gasteiger partial charge in [-0.3, -0.25) is 0 Å². The average Bonchev–Trinajstić information content (AvgIpc) is 3.97. The zero-order valence-electron chi connectivity index (χ0n) is 29.7. The van der Waals surface area contributed by atoms with Gasteiger partial charge in [0.1, 0.15) is 0 Å². The molecule has 0 N–H and O–H groups in total. The van der Waals surface area contributed by atoms with Crippen molar-refractivity contribution in [3.05, 3.63) is 194 Å². The second-order valence-corrected chi connectivity index (χ2v) is 17.4. The molecule has 3 heterocycles. The van der Waals surface area contributed by atoms with Gasteiger partial charge in [-0.2, -0.15) is 0 Å². The van der Waals surface area contributed by atoms with Gasteiger partial charge in [0.25, 0.3) is 0 Å². The Labute approximate surface area is 331 Å². The summed E-state index contributed by atoms with van der Waals surface area (Å²) >= 11 is 5.69. The third kappa shape index (κ3) is 5.98. The lowest BCUT2D eigenvalue weighted by molar-refractivity contribution is 1.59. The van der Waals surface area contributed by atoms with Crippen molar-refractivity contribution < 1.29 is 0 Å². The van der Waals surface area contributed by atoms with Crippen LogP contribution in [0.3, 0.4) is 0 Å². The first-order valence-electron chi connectivity index (χ1n) is 18.5. The molecule has 3 aromatic heterocycles. The Kier molecular flexibility index (Phi) is 7.84. The van der Waals surface area contributed by atoms with E-state index in [-0.39, 0.29) is 0 Å². The molecule has 0 spiro atoms. The summed E-state index contributed by atoms with van der Waals surface area (Å²) in [4.78, 5) is 2.62. The van der Waals surface area contributed by atoms with Crippen molar-refractivity contribution in [3.8, 4) is 65.4 Å². The number of benzene rings is 8. The Morgan fingerprint density at radius 2 is 0.509 bits per heavy atom. The fourth-order valence-corrected chi connectivity index (χ4v) is 11.1. The minimum Gasteiger partial charge on any atom is -0.135 e. The van der Waals surface area contributed by atoms with Crippen molar-refractivity contribution in [3.63, 3.8) is 0 Å². The quantitative estimate of drug-likeness (QED) is 0.159. The van der Waals surface area contributed by atoms with Gasteiger partial charge in [0, 0.05) is 39.3 Å². The first-order chi connectivity index (χ1) is 27.2. The van der Waals surface area contributed by atoms with Gasteiger partial charge in [-0.15, -0.1) is 34.0 Å². The van der Waals surface area contributed by atoms with Crippen LogP contribution >= 0.6 is 34.0 Å². The SMILES string of the molecule is c1ccc(-c2ccc(-c3ccc(-c4cc5cc6sc7cc8cc(-c9ccc(-c%10ccc(-c%11ccccc%11)cc%10)cc9)sc8cc7c6cc5s4)cc3)cc2)cc1. The van der Waals surface area contributed by atoms with Crippen molar-refractivity contribution in [1.82, 2.24) is 0 Å². The van der Waals surface area contributed by atoms with E-state index in [9.17, 15) is 0 Å². The third-order valence-electron chi connectivity index (χ3n) is 10.7. The van der Waals surface area contributed by atoms with E-state index in [1.807, 2.05) is 34.0 Å². The van der Waals surface area contributed by atoms with E-state index in [0.717, 1.165) is 0 Å². The molecule has 0 aliphatic heterocycles. The molecule has 11 rings (SSSR count). The lowest BCUT2D eigenvalue weighted by Crippen LogP contribution is -1.81. The third-order valence-corrected chi connectivity index (χ3v) is 14.1. The Bertz CT molecular complexity index is 2910. The van der Waals surface area contributed by atoms with Gasteiger partial charge in [0.05, 0.1) is 0 Å². The van der Waals surface area contributed by atoms with Crippen LogP contribution in [0, 0.1) is 0 Å². The molecule has 258 valence electrons. The zero-order chi connectivity index (χ0) is 36.3. The van der Waals surface area contributed by atoms with Crippen molar-refractivity contribution in [2.24, 2.45) is 0 Å². The molecule has 55 heavy (non-hydrogen) atoms. The number of thiophene rings is 3. The van der Waals surface area contributed by atoms with Crippen LogP contribution in [0.25, 0.3) is 106 Å². The standard InChI is InChI=1S/C52H32S3/c1-3-7-33(8-4-1)35-11-15-37(16-12-35)39-19-23-41(24-20-39)47-27-43-29-51-45(31-49(43)53-47)46-32-50-44(30-52(46)55-51)28-48(54-50)42-25-21-40(22-26-42)38-17-13-36(14-18-38)34-9-5-2-6-10-34/h1-32H. The summed E-state index contributed by atoms with van der Waals surface area (Å²) < 4.78 is 5.38. The minimum atomic E-state index is 1.24. The predicted octanol–water partition coefficient (Wildman–Crippen LogP) is 16.5. The Morgan fingerprint density at radius 1 is 0.218 bits per heavy atom. The summed E-state index contributed by atoms with van der Waals surface area (Å²) in [6.07, 6.45) is 0. The molecule has 3 heteroatoms. The topological polar surface area (TPSA) is 0 Å². The Balaban J connectivity index is 0.851. The first kappa shape index (κ1) is 32.3. The highest BCUT2D eigenvalue weighted by atomic mass is 32.1. The van der Waals surface area contributed by atoms with E-state index in [1.54, 1.807) is 0 Å². The number of hydrogen-bond acceptors (Lipinski definition) is 3. The van der Waals surface area contributed by atoms with Crippen LogP contribution in [0.2, 0.25) is 0 Å². The van der Waals surface area contributed by atoms with Gasteiger partial charge < -0.3 is 0 Å². The number of fused-ring (bicyclic) bond motifs is 5. The maximum Gasteiger partial charge on any atom is 0.0362 e. The fourth-order valence-electron chi connectivity index (χ4n) is 7.75. The summed E-state index contributed by atoms with van der Waals surface area (Å²) in [5.41, 5.74) is 12.5. The van der Waals surface area contributed by atoms with E-state index in [4.69, 9.17) is 0 Å². The molecule has 0 fully saturated rings. The molecule has 0 saturated heterocycles. The summed E-state index contributed by atoms with van der Waals surface area (Å²) in [6.45, 7) is 0. The van der Waals surface area contributed by atoms with Crippen molar-refractivity contribution >= 4 is 74.4 Å². The Morgan fingerprint density at radius 3 is 0.836 bits per heavy atom. The molecular weight excluding hydrogens is 721 g/mol. The van der Waals surface area contributed by atoms with Gasteiger partial charge >= 0.3 is 0 Å². The maximum absolute atomic E-state index is 2.42. The van der Waals surface area contributed by atoms with Crippen molar-refractivity contribution in [2.45, 2.75) is 0 Å². The number of hydrogen-bond donors (Lipinski definition) is 0. The van der Waals surface area contributed by atoms with Crippen LogP contribution in [0.1, 0.15) is 0 Å². The number of rotatable bonds is 6. The predicted molar refractivity (Wildman–Crippen MR) is 243 cm³/mol. The van der Waals surface area contributed by atoms with Gasteiger partial charge in [0.2, 0.25) is 0 Å². The van der Waals surface area contributed by atoms with Crippen LogP contribution in [-0.2, 0) is 0 Å². The highest BCUT2D eigenvalue weighted by Crippen LogP contribution is 2.44. The smallest absolute Gasteiger partial charge is 0.0362 e. The van der Waals surface area contributed by atoms with E-state index < -0.39 is 0 Å². The van der Waals surface area contributed by atoms with E-state index in [1.165, 1.54) is 106 Å². The highest BCUT2D eigenvalue weighted by molar-refractivity contribution is 7.27. The maximum atomic E-state index is 2.42. The molecule has 0 bridgehead atoms. The van der Waals surface area contributed by atoms with E-state index in [2.05, 4.69) is 194 Å². The van der Waals surface area contributed by atoms with Crippen LogP contribution in [0.5, 0.6) is 0 Å². The molecule has 0 unspecified atom stereocenters. The van der Waals surface area contributed by atoms with E-state index >= 15 is 0 Å². The minimum absolute atomic E-state index is 1.24. The normalized spacial score (nSPS) is 11.6. The zero-order valence-corrected chi connectivity index (χ0v) is 32.1. The van der Waals surface area contributed by atoms with E-state index in [0.29, 0.717) is 0 Å². The van der Waals surface area contributed by atoms with Gasteiger partial charge in [-0.1, -0.05) is 158 Å². The lowest BCUT2D eigenvalue weighted by atomic mass is 9.99. The molecule has 0 amide bonds. The molecule has 0 radical (unpaired) electrons. The summed E-state index contributed by atoms with van der Waals surface area (Å²) in [6, 6.07) is 71.3. The molecular formula is C52H32S3. The summed E-state index contributed by atoms with van der Waals surface area (Å²) in [5, 5.41) is 5.35. The van der Waals surface area contributed by atoms with Gasteiger partial charge in [0.15, 0.2) is 0 Å². The molecule has 0 aliphatic carbocycles. The lowest BCUT2D eigenvalue weighted by Gasteiger charge is -2.06. The van der Waals surface area contributed by atoms with Crippen LogP contribution in [0.4, 0.5) is 0 Å². The average molecular weight is 753 g/mol. The second-order valence-electron chi connectivity index (χ2n) is 14.1. The summed E-state index contributed by atoms with van der Waals surface area (Å²) in [5.74, 6) is 0. The highest BCUT2D eigenvalue weighted by Gasteiger charge is 2.14. The fraction of sp³-hybridized carbons (Fsp3) is 0. The van der Waals surface area contributed by atoms with Crippen LogP contribution in [0.15, 0.2) is 194 Å². The van der Waals surface area contributed by atoms with Crippen LogP contribution < -0.4 is 0 Å². The molecule has 0 aliphatic rings. The molecule has 11 aromatic rings. The van der Waals surface area contributed by atoms with Gasteiger partial charge in [-0.25, -0.2) is 0 Å². The Hall–Kier alpha value is -6.10. The van der Waals surface area contributed by atoms with Crippen molar-refractivity contribution in [2.75, 3.05) is 0 Å². The first-order valence-corrected chi connectivity index (χ1v) is 21.0. The van der Waals surface area contributed by atoms with Gasteiger partial charge in [-0.05, 0) is 103 Å².